The lowest BCUT2D eigenvalue weighted by Crippen LogP contribution is -1.96. The topological polar surface area (TPSA) is 92.4 Å². The molecule has 1 N–H and O–H groups in total. The fourth-order valence-corrected chi connectivity index (χ4v) is 4.05. The molecule has 0 bridgehead atoms. The van der Waals surface area contributed by atoms with E-state index in [1.54, 1.807) is 30.7 Å². The molecule has 7 nitrogen and oxygen atoms in total. The third-order valence-electron chi connectivity index (χ3n) is 4.53. The minimum absolute atomic E-state index is 0.455. The van der Waals surface area contributed by atoms with Crippen LogP contribution in [-0.4, -0.2) is 31.6 Å². The minimum atomic E-state index is 0.455. The van der Waals surface area contributed by atoms with Gasteiger partial charge in [-0.3, -0.25) is 0 Å². The molecular weight excluding hydrogens is 372 g/mol. The zero-order valence-corrected chi connectivity index (χ0v) is 16.8. The molecule has 0 amide bonds. The van der Waals surface area contributed by atoms with E-state index < -0.39 is 0 Å². The van der Waals surface area contributed by atoms with Gasteiger partial charge < -0.3 is 14.3 Å². The Labute approximate surface area is 166 Å². The van der Waals surface area contributed by atoms with Gasteiger partial charge in [-0.2, -0.15) is 5.26 Å². The van der Waals surface area contributed by atoms with Crippen molar-refractivity contribution >= 4 is 34.0 Å². The van der Waals surface area contributed by atoms with Gasteiger partial charge in [-0.05, 0) is 38.5 Å². The maximum atomic E-state index is 9.72. The van der Waals surface area contributed by atoms with Crippen LogP contribution in [0.2, 0.25) is 0 Å². The third kappa shape index (κ3) is 3.06. The second-order valence-corrected chi connectivity index (χ2v) is 7.59. The highest BCUT2D eigenvalue weighted by Crippen LogP contribution is 2.28. The Bertz CT molecular complexity index is 1250. The molecule has 0 atom stereocenters. The SMILES string of the molecule is COc1cc2nc(/C(C#N)=C/c3cc(C)n(-c4cnc(C)s4)c3C)[nH]c2cn1. The molecule has 28 heavy (non-hydrogen) atoms. The van der Waals surface area contributed by atoms with Crippen molar-refractivity contribution in [2.45, 2.75) is 20.8 Å². The molecule has 0 fully saturated rings. The minimum Gasteiger partial charge on any atom is -0.481 e. The molecule has 0 saturated heterocycles. The molecule has 0 aromatic carbocycles. The standard InChI is InChI=1S/C20H18N6OS/c1-11-5-14(12(2)26(11)19-10-22-13(3)28-19)6-15(8-21)20-24-16-7-18(27-4)23-9-17(16)25-20/h5-7,9-10H,1-4H3,(H,24,25)/b15-6+. The first-order valence-electron chi connectivity index (χ1n) is 8.64. The Morgan fingerprint density at radius 1 is 1.25 bits per heavy atom. The van der Waals surface area contributed by atoms with Crippen molar-refractivity contribution < 1.29 is 4.74 Å². The summed E-state index contributed by atoms with van der Waals surface area (Å²) < 4.78 is 7.29. The number of ether oxygens (including phenoxy) is 1. The summed E-state index contributed by atoms with van der Waals surface area (Å²) in [5.74, 6) is 0.988. The summed E-state index contributed by atoms with van der Waals surface area (Å²) in [6.45, 7) is 6.07. The number of hydrogen-bond acceptors (Lipinski definition) is 6. The predicted molar refractivity (Wildman–Crippen MR) is 110 cm³/mol. The molecule has 0 aliphatic carbocycles. The van der Waals surface area contributed by atoms with Crippen LogP contribution >= 0.6 is 11.3 Å². The number of aryl methyl sites for hydroxylation is 2. The van der Waals surface area contributed by atoms with Crippen molar-refractivity contribution in [3.8, 4) is 17.0 Å². The van der Waals surface area contributed by atoms with E-state index in [4.69, 9.17) is 4.74 Å². The van der Waals surface area contributed by atoms with Crippen molar-refractivity contribution in [3.63, 3.8) is 0 Å². The van der Waals surface area contributed by atoms with E-state index in [9.17, 15) is 5.26 Å². The molecule has 0 saturated carbocycles. The van der Waals surface area contributed by atoms with E-state index in [1.807, 2.05) is 33.0 Å². The number of imidazole rings is 1. The number of methoxy groups -OCH3 is 1. The van der Waals surface area contributed by atoms with Gasteiger partial charge in [-0.1, -0.05) is 0 Å². The Hall–Kier alpha value is -3.44. The zero-order valence-electron chi connectivity index (χ0n) is 15.9. The summed E-state index contributed by atoms with van der Waals surface area (Å²) >= 11 is 1.64. The summed E-state index contributed by atoms with van der Waals surface area (Å²) in [4.78, 5) is 16.2. The highest BCUT2D eigenvalue weighted by molar-refractivity contribution is 7.14. The molecule has 4 aromatic rings. The van der Waals surface area contributed by atoms with E-state index in [-0.39, 0.29) is 0 Å². The lowest BCUT2D eigenvalue weighted by atomic mass is 10.1. The number of fused-ring (bicyclic) bond motifs is 1. The lowest BCUT2D eigenvalue weighted by molar-refractivity contribution is 0.398. The number of aromatic nitrogens is 5. The summed E-state index contributed by atoms with van der Waals surface area (Å²) in [7, 11) is 1.56. The van der Waals surface area contributed by atoms with Gasteiger partial charge in [-0.25, -0.2) is 15.0 Å². The van der Waals surface area contributed by atoms with Crippen LogP contribution in [0.15, 0.2) is 24.5 Å². The van der Waals surface area contributed by atoms with Crippen LogP contribution in [0.25, 0.3) is 27.7 Å². The van der Waals surface area contributed by atoms with Crippen LogP contribution < -0.4 is 4.74 Å². The molecule has 0 aliphatic rings. The molecule has 4 aromatic heterocycles. The van der Waals surface area contributed by atoms with Gasteiger partial charge >= 0.3 is 0 Å². The number of nitrogens with one attached hydrogen (secondary N) is 1. The predicted octanol–water partition coefficient (Wildman–Crippen LogP) is 4.20. The van der Waals surface area contributed by atoms with Crippen LogP contribution in [0, 0.1) is 32.1 Å². The molecule has 140 valence electrons. The van der Waals surface area contributed by atoms with Gasteiger partial charge in [-0.15, -0.1) is 11.3 Å². The number of thiazole rings is 1. The summed E-state index contributed by atoms with van der Waals surface area (Å²) in [5, 5.41) is 11.8. The molecule has 0 unspecified atom stereocenters. The first-order valence-corrected chi connectivity index (χ1v) is 9.45. The van der Waals surface area contributed by atoms with Crippen molar-refractivity contribution in [3.05, 3.63) is 52.3 Å². The van der Waals surface area contributed by atoms with Gasteiger partial charge in [0.15, 0.2) is 0 Å². The zero-order chi connectivity index (χ0) is 19.8. The molecule has 4 rings (SSSR count). The van der Waals surface area contributed by atoms with Crippen LogP contribution in [-0.2, 0) is 0 Å². The van der Waals surface area contributed by atoms with E-state index >= 15 is 0 Å². The number of nitrogens with zero attached hydrogens (tertiary/aromatic N) is 5. The highest BCUT2D eigenvalue weighted by Gasteiger charge is 2.14. The average Bonchev–Trinajstić information content (AvgIpc) is 3.36. The van der Waals surface area contributed by atoms with Gasteiger partial charge in [0.25, 0.3) is 0 Å². The van der Waals surface area contributed by atoms with Crippen LogP contribution in [0.1, 0.15) is 27.8 Å². The van der Waals surface area contributed by atoms with E-state index in [0.29, 0.717) is 22.8 Å². The summed E-state index contributed by atoms with van der Waals surface area (Å²) in [6.07, 6.45) is 5.38. The number of allylic oxidation sites excluding steroid dienone is 1. The number of pyridine rings is 1. The quantitative estimate of drug-likeness (QED) is 0.527. The first-order chi connectivity index (χ1) is 13.5. The second-order valence-electron chi connectivity index (χ2n) is 6.38. The number of rotatable bonds is 4. The van der Waals surface area contributed by atoms with Crippen molar-refractivity contribution in [1.82, 2.24) is 24.5 Å². The Morgan fingerprint density at radius 3 is 2.75 bits per heavy atom. The molecule has 0 radical (unpaired) electrons. The Balaban J connectivity index is 1.78. The van der Waals surface area contributed by atoms with Crippen molar-refractivity contribution in [2.24, 2.45) is 0 Å². The van der Waals surface area contributed by atoms with Gasteiger partial charge in [0.1, 0.15) is 16.9 Å². The number of aromatic amines is 1. The van der Waals surface area contributed by atoms with Crippen molar-refractivity contribution in [2.75, 3.05) is 7.11 Å². The van der Waals surface area contributed by atoms with Crippen LogP contribution in [0.5, 0.6) is 5.88 Å². The Kier molecular flexibility index (Phi) is 4.45. The van der Waals surface area contributed by atoms with Gasteiger partial charge in [0.2, 0.25) is 5.88 Å². The molecule has 8 heteroatoms. The van der Waals surface area contributed by atoms with Crippen LogP contribution in [0.3, 0.4) is 0 Å². The fourth-order valence-electron chi connectivity index (χ4n) is 3.17. The fraction of sp³-hybridized carbons (Fsp3) is 0.200. The molecule has 0 aliphatic heterocycles. The largest absolute Gasteiger partial charge is 0.481 e. The summed E-state index contributed by atoms with van der Waals surface area (Å²) in [6, 6.07) is 6.06. The number of nitriles is 1. The second kappa shape index (κ2) is 6.94. The normalized spacial score (nSPS) is 11.8. The van der Waals surface area contributed by atoms with Crippen molar-refractivity contribution in [1.29, 1.82) is 5.26 Å². The highest BCUT2D eigenvalue weighted by atomic mass is 32.1. The Morgan fingerprint density at radius 2 is 2.07 bits per heavy atom. The van der Waals surface area contributed by atoms with E-state index in [2.05, 4.69) is 36.6 Å². The van der Waals surface area contributed by atoms with E-state index in [1.165, 1.54) is 0 Å². The lowest BCUT2D eigenvalue weighted by Gasteiger charge is -2.05. The average molecular weight is 390 g/mol. The van der Waals surface area contributed by atoms with E-state index in [0.717, 1.165) is 32.5 Å². The monoisotopic (exact) mass is 390 g/mol. The third-order valence-corrected chi connectivity index (χ3v) is 5.42. The van der Waals surface area contributed by atoms with Crippen LogP contribution in [0.4, 0.5) is 0 Å². The number of H-pyrrole nitrogens is 1. The maximum absolute atomic E-state index is 9.72. The number of hydrogen-bond donors (Lipinski definition) is 1. The molecule has 4 heterocycles. The molecule has 0 spiro atoms. The first kappa shape index (κ1) is 17.9. The van der Waals surface area contributed by atoms with Gasteiger partial charge in [0.05, 0.1) is 41.1 Å². The smallest absolute Gasteiger partial charge is 0.215 e. The van der Waals surface area contributed by atoms with Gasteiger partial charge in [0, 0.05) is 17.5 Å². The maximum Gasteiger partial charge on any atom is 0.215 e. The summed E-state index contributed by atoms with van der Waals surface area (Å²) in [5.41, 5.74) is 5.01. The molecular formula is C20H18N6OS.